The summed E-state index contributed by atoms with van der Waals surface area (Å²) in [4.78, 5) is 17.8. The number of β-amino-alcohol motifs (C(OH)–C–C–N with tert-alkyl or cyclic N) is 1. The number of aliphatic hydroxyl groups is 1. The van der Waals surface area contributed by atoms with Gasteiger partial charge in [0, 0.05) is 18.8 Å². The van der Waals surface area contributed by atoms with E-state index in [-0.39, 0.29) is 30.4 Å². The first kappa shape index (κ1) is 17.2. The molecule has 1 fully saturated rings. The molecule has 2 heterocycles. The minimum atomic E-state index is -1.22. The summed E-state index contributed by atoms with van der Waals surface area (Å²) in [6.07, 6.45) is 3.71. The molecule has 0 bridgehead atoms. The van der Waals surface area contributed by atoms with Gasteiger partial charge in [0.1, 0.15) is 29.5 Å². The van der Waals surface area contributed by atoms with Crippen LogP contribution in [0.15, 0.2) is 42.7 Å². The van der Waals surface area contributed by atoms with Gasteiger partial charge in [-0.25, -0.2) is 4.39 Å². The Hall–Kier alpha value is -2.67. The average Bonchev–Trinajstić information content (AvgIpc) is 2.60. The van der Waals surface area contributed by atoms with E-state index in [2.05, 4.69) is 4.98 Å². The molecule has 1 saturated heterocycles. The summed E-state index contributed by atoms with van der Waals surface area (Å²) in [7, 11) is 0. The molecule has 2 N–H and O–H groups in total. The molecule has 0 aliphatic carbocycles. The monoisotopic (exact) mass is 346 g/mol. The number of pyridine rings is 1. The minimum Gasteiger partial charge on any atom is -0.506 e. The van der Waals surface area contributed by atoms with Crippen molar-refractivity contribution in [3.8, 4) is 11.5 Å². The van der Waals surface area contributed by atoms with Crippen molar-refractivity contribution >= 4 is 5.91 Å². The standard InChI is InChI=1S/C18H19FN2O4/c19-14-3-1-4-16(8-14)25-12-18(24)5-2-6-21(11-18)17(23)13-7-15(22)10-20-9-13/h1,3-4,7-10,22,24H,2,5-6,11-12H2/t18-/m0/s1. The van der Waals surface area contributed by atoms with Crippen molar-refractivity contribution in [3.05, 3.63) is 54.1 Å². The number of hydrogen-bond acceptors (Lipinski definition) is 5. The van der Waals surface area contributed by atoms with Crippen LogP contribution in [0.5, 0.6) is 11.5 Å². The van der Waals surface area contributed by atoms with E-state index in [1.54, 1.807) is 6.07 Å². The Morgan fingerprint density at radius 3 is 2.96 bits per heavy atom. The van der Waals surface area contributed by atoms with Gasteiger partial charge in [-0.15, -0.1) is 0 Å². The predicted molar refractivity (Wildman–Crippen MR) is 87.9 cm³/mol. The molecule has 1 aromatic carbocycles. The largest absolute Gasteiger partial charge is 0.506 e. The Bertz CT molecular complexity index is 770. The van der Waals surface area contributed by atoms with E-state index >= 15 is 0 Å². The van der Waals surface area contributed by atoms with Crippen LogP contribution in [0.1, 0.15) is 23.2 Å². The first-order valence-electron chi connectivity index (χ1n) is 7.99. The number of aromatic hydroxyl groups is 1. The van der Waals surface area contributed by atoms with Crippen molar-refractivity contribution in [2.24, 2.45) is 0 Å². The Morgan fingerprint density at radius 2 is 2.20 bits per heavy atom. The third-order valence-electron chi connectivity index (χ3n) is 4.12. The van der Waals surface area contributed by atoms with Gasteiger partial charge in [-0.3, -0.25) is 9.78 Å². The van der Waals surface area contributed by atoms with Gasteiger partial charge in [-0.05, 0) is 31.0 Å². The fourth-order valence-electron chi connectivity index (χ4n) is 2.91. The van der Waals surface area contributed by atoms with E-state index < -0.39 is 11.4 Å². The predicted octanol–water partition coefficient (Wildman–Crippen LogP) is 1.97. The molecule has 0 radical (unpaired) electrons. The van der Waals surface area contributed by atoms with E-state index in [9.17, 15) is 19.4 Å². The fourth-order valence-corrected chi connectivity index (χ4v) is 2.91. The summed E-state index contributed by atoms with van der Waals surface area (Å²) in [5, 5.41) is 20.2. The molecule has 1 amide bonds. The number of nitrogens with zero attached hydrogens (tertiary/aromatic N) is 2. The zero-order chi connectivity index (χ0) is 17.9. The summed E-state index contributed by atoms with van der Waals surface area (Å²) in [5.41, 5.74) is -0.958. The smallest absolute Gasteiger partial charge is 0.255 e. The van der Waals surface area contributed by atoms with Crippen LogP contribution in [-0.4, -0.2) is 51.3 Å². The summed E-state index contributed by atoms with van der Waals surface area (Å²) in [6.45, 7) is 0.548. The molecule has 1 atom stereocenters. The number of benzene rings is 1. The average molecular weight is 346 g/mol. The zero-order valence-electron chi connectivity index (χ0n) is 13.6. The van der Waals surface area contributed by atoms with Crippen LogP contribution in [0, 0.1) is 5.82 Å². The number of rotatable bonds is 4. The van der Waals surface area contributed by atoms with Gasteiger partial charge < -0.3 is 19.8 Å². The molecular formula is C18H19FN2O4. The van der Waals surface area contributed by atoms with Crippen LogP contribution in [0.3, 0.4) is 0 Å². The van der Waals surface area contributed by atoms with E-state index in [0.717, 1.165) is 0 Å². The third kappa shape index (κ3) is 4.24. The lowest BCUT2D eigenvalue weighted by atomic mass is 9.93. The van der Waals surface area contributed by atoms with Gasteiger partial charge in [-0.2, -0.15) is 0 Å². The highest BCUT2D eigenvalue weighted by atomic mass is 19.1. The number of carbonyl (C=O) groups is 1. The molecular weight excluding hydrogens is 327 g/mol. The van der Waals surface area contributed by atoms with E-state index in [4.69, 9.17) is 4.74 Å². The number of hydrogen-bond donors (Lipinski definition) is 2. The van der Waals surface area contributed by atoms with Crippen LogP contribution in [-0.2, 0) is 0 Å². The van der Waals surface area contributed by atoms with Crippen molar-refractivity contribution < 1.29 is 24.1 Å². The third-order valence-corrected chi connectivity index (χ3v) is 4.12. The maximum atomic E-state index is 13.2. The van der Waals surface area contributed by atoms with Crippen LogP contribution in [0.25, 0.3) is 0 Å². The van der Waals surface area contributed by atoms with Crippen LogP contribution < -0.4 is 4.74 Å². The molecule has 1 aromatic heterocycles. The number of ether oxygens (including phenoxy) is 1. The maximum Gasteiger partial charge on any atom is 0.255 e. The second-order valence-electron chi connectivity index (χ2n) is 6.23. The Balaban J connectivity index is 1.66. The van der Waals surface area contributed by atoms with Crippen molar-refractivity contribution in [1.82, 2.24) is 9.88 Å². The molecule has 1 aliphatic rings. The summed E-state index contributed by atoms with van der Waals surface area (Å²) in [6, 6.07) is 7.03. The van der Waals surface area contributed by atoms with Crippen molar-refractivity contribution in [2.75, 3.05) is 19.7 Å². The number of piperidine rings is 1. The number of carbonyl (C=O) groups excluding carboxylic acids is 1. The number of amides is 1. The molecule has 25 heavy (non-hydrogen) atoms. The number of aromatic nitrogens is 1. The van der Waals surface area contributed by atoms with Crippen LogP contribution in [0.4, 0.5) is 4.39 Å². The lowest BCUT2D eigenvalue weighted by Crippen LogP contribution is -2.53. The SMILES string of the molecule is O=C(c1cncc(O)c1)N1CCC[C@@](O)(COc2cccc(F)c2)C1. The van der Waals surface area contributed by atoms with E-state index in [1.807, 2.05) is 0 Å². The second kappa shape index (κ2) is 7.06. The molecule has 1 aliphatic heterocycles. The topological polar surface area (TPSA) is 82.9 Å². The Morgan fingerprint density at radius 1 is 1.36 bits per heavy atom. The van der Waals surface area contributed by atoms with E-state index in [0.29, 0.717) is 25.1 Å². The Kier molecular flexibility index (Phi) is 4.85. The second-order valence-corrected chi connectivity index (χ2v) is 6.23. The van der Waals surface area contributed by atoms with Gasteiger partial charge >= 0.3 is 0 Å². The quantitative estimate of drug-likeness (QED) is 0.884. The maximum absolute atomic E-state index is 13.2. The van der Waals surface area contributed by atoms with Crippen molar-refractivity contribution in [3.63, 3.8) is 0 Å². The number of likely N-dealkylation sites (tertiary alicyclic amines) is 1. The van der Waals surface area contributed by atoms with Crippen molar-refractivity contribution in [2.45, 2.75) is 18.4 Å². The van der Waals surface area contributed by atoms with Gasteiger partial charge in [0.25, 0.3) is 5.91 Å². The first-order valence-corrected chi connectivity index (χ1v) is 7.99. The van der Waals surface area contributed by atoms with Crippen LogP contribution >= 0.6 is 0 Å². The van der Waals surface area contributed by atoms with Crippen molar-refractivity contribution in [1.29, 1.82) is 0 Å². The lowest BCUT2D eigenvalue weighted by Gasteiger charge is -2.38. The highest BCUT2D eigenvalue weighted by Crippen LogP contribution is 2.25. The highest BCUT2D eigenvalue weighted by Gasteiger charge is 2.36. The van der Waals surface area contributed by atoms with Gasteiger partial charge in [0.2, 0.25) is 0 Å². The lowest BCUT2D eigenvalue weighted by molar-refractivity contribution is -0.0532. The van der Waals surface area contributed by atoms with Gasteiger partial charge in [-0.1, -0.05) is 6.07 Å². The van der Waals surface area contributed by atoms with Crippen LogP contribution in [0.2, 0.25) is 0 Å². The van der Waals surface area contributed by atoms with Gasteiger partial charge in [0.15, 0.2) is 0 Å². The Labute approximate surface area is 144 Å². The molecule has 132 valence electrons. The molecule has 3 rings (SSSR count). The molecule has 0 unspecified atom stereocenters. The molecule has 0 saturated carbocycles. The first-order chi connectivity index (χ1) is 12.0. The minimum absolute atomic E-state index is 0.0431. The summed E-state index contributed by atoms with van der Waals surface area (Å²) < 4.78 is 18.7. The molecule has 6 nitrogen and oxygen atoms in total. The molecule has 2 aromatic rings. The highest BCUT2D eigenvalue weighted by molar-refractivity contribution is 5.94. The fraction of sp³-hybridized carbons (Fsp3) is 0.333. The summed E-state index contributed by atoms with van der Waals surface area (Å²) >= 11 is 0. The molecule has 7 heteroatoms. The number of halogens is 1. The summed E-state index contributed by atoms with van der Waals surface area (Å²) in [5.74, 6) is -0.491. The van der Waals surface area contributed by atoms with Gasteiger partial charge in [0.05, 0.1) is 18.3 Å². The normalized spacial score (nSPS) is 20.3. The zero-order valence-corrected chi connectivity index (χ0v) is 13.6. The molecule has 0 spiro atoms. The van der Waals surface area contributed by atoms with E-state index in [1.165, 1.54) is 41.6 Å².